The van der Waals surface area contributed by atoms with Crippen LogP contribution in [0.15, 0.2) is 30.3 Å². The molecular weight excluding hydrogens is 196 g/mol. The minimum atomic E-state index is 0.513. The molecule has 0 aromatic heterocycles. The molecule has 0 radical (unpaired) electrons. The first-order valence-electron chi connectivity index (χ1n) is 5.71. The molecule has 0 aliphatic rings. The van der Waals surface area contributed by atoms with Crippen molar-refractivity contribution in [1.29, 1.82) is 0 Å². The molecule has 0 unspecified atom stereocenters. The smallest absolute Gasteiger partial charge is 0.122 e. The molecule has 0 amide bonds. The summed E-state index contributed by atoms with van der Waals surface area (Å²) >= 11 is 0. The van der Waals surface area contributed by atoms with E-state index in [1.807, 2.05) is 0 Å². The summed E-state index contributed by atoms with van der Waals surface area (Å²) in [5.41, 5.74) is 2.58. The second-order valence-electron chi connectivity index (χ2n) is 4.49. The number of hydrogen-bond donors (Lipinski definition) is 0. The van der Waals surface area contributed by atoms with Crippen molar-refractivity contribution in [3.05, 3.63) is 41.5 Å². The molecule has 0 aliphatic carbocycles. The van der Waals surface area contributed by atoms with Crippen LogP contribution in [0.25, 0.3) is 10.8 Å². The molecule has 84 valence electrons. The van der Waals surface area contributed by atoms with Gasteiger partial charge in [-0.3, -0.25) is 0 Å². The molecule has 0 bridgehead atoms. The zero-order chi connectivity index (χ0) is 11.7. The van der Waals surface area contributed by atoms with Crippen molar-refractivity contribution >= 4 is 10.8 Å². The first-order chi connectivity index (χ1) is 7.65. The number of ether oxygens (including phenoxy) is 1. The van der Waals surface area contributed by atoms with Gasteiger partial charge in [0.05, 0.1) is 7.11 Å². The van der Waals surface area contributed by atoms with Crippen molar-refractivity contribution in [3.63, 3.8) is 0 Å². The van der Waals surface area contributed by atoms with E-state index in [0.29, 0.717) is 5.92 Å². The lowest BCUT2D eigenvalue weighted by atomic mass is 9.93. The molecule has 16 heavy (non-hydrogen) atoms. The van der Waals surface area contributed by atoms with Crippen LogP contribution in [0, 0.1) is 6.92 Å². The number of benzene rings is 2. The van der Waals surface area contributed by atoms with Crippen LogP contribution in [0.5, 0.6) is 5.75 Å². The Hall–Kier alpha value is -1.50. The number of hydrogen-bond acceptors (Lipinski definition) is 1. The Bertz CT molecular complexity index is 512. The lowest BCUT2D eigenvalue weighted by Crippen LogP contribution is -1.95. The summed E-state index contributed by atoms with van der Waals surface area (Å²) < 4.78 is 5.44. The van der Waals surface area contributed by atoms with E-state index in [0.717, 1.165) is 5.75 Å². The Balaban J connectivity index is 2.84. The fourth-order valence-corrected chi connectivity index (χ4v) is 2.21. The summed E-state index contributed by atoms with van der Waals surface area (Å²) in [4.78, 5) is 0. The lowest BCUT2D eigenvalue weighted by Gasteiger charge is -2.15. The van der Waals surface area contributed by atoms with Gasteiger partial charge in [-0.25, -0.2) is 0 Å². The van der Waals surface area contributed by atoms with Gasteiger partial charge >= 0.3 is 0 Å². The average Bonchev–Trinajstić information content (AvgIpc) is 2.29. The van der Waals surface area contributed by atoms with Crippen LogP contribution < -0.4 is 4.74 Å². The summed E-state index contributed by atoms with van der Waals surface area (Å²) in [6.45, 7) is 6.55. The lowest BCUT2D eigenvalue weighted by molar-refractivity contribution is 0.412. The Morgan fingerprint density at radius 3 is 2.25 bits per heavy atom. The van der Waals surface area contributed by atoms with Crippen LogP contribution >= 0.6 is 0 Å². The maximum Gasteiger partial charge on any atom is 0.122 e. The monoisotopic (exact) mass is 214 g/mol. The third-order valence-corrected chi connectivity index (χ3v) is 3.14. The fourth-order valence-electron chi connectivity index (χ4n) is 2.21. The standard InChI is InChI=1S/C15H18O/c1-10(2)14-9-15(16-4)11(3)12-7-5-6-8-13(12)14/h5-10H,1-4H3. The zero-order valence-corrected chi connectivity index (χ0v) is 10.4. The Kier molecular flexibility index (Phi) is 2.86. The van der Waals surface area contributed by atoms with Gasteiger partial charge in [0.1, 0.15) is 5.75 Å². The van der Waals surface area contributed by atoms with E-state index in [-0.39, 0.29) is 0 Å². The minimum Gasteiger partial charge on any atom is -0.496 e. The van der Waals surface area contributed by atoms with Gasteiger partial charge in [0.2, 0.25) is 0 Å². The van der Waals surface area contributed by atoms with Crippen LogP contribution in [0.3, 0.4) is 0 Å². The molecule has 2 aromatic rings. The molecule has 0 aliphatic heterocycles. The molecule has 0 saturated heterocycles. The third-order valence-electron chi connectivity index (χ3n) is 3.14. The van der Waals surface area contributed by atoms with E-state index in [1.165, 1.54) is 21.9 Å². The molecule has 1 nitrogen and oxygen atoms in total. The van der Waals surface area contributed by atoms with Crippen LogP contribution in [0.1, 0.15) is 30.9 Å². The number of fused-ring (bicyclic) bond motifs is 1. The average molecular weight is 214 g/mol. The molecule has 1 heteroatoms. The van der Waals surface area contributed by atoms with Gasteiger partial charge in [0.15, 0.2) is 0 Å². The predicted octanol–water partition coefficient (Wildman–Crippen LogP) is 4.28. The number of aryl methyl sites for hydroxylation is 1. The normalized spacial score (nSPS) is 11.1. The maximum atomic E-state index is 5.44. The van der Waals surface area contributed by atoms with Crippen molar-refractivity contribution in [2.75, 3.05) is 7.11 Å². The highest BCUT2D eigenvalue weighted by Crippen LogP contribution is 2.33. The maximum absolute atomic E-state index is 5.44. The highest BCUT2D eigenvalue weighted by atomic mass is 16.5. The van der Waals surface area contributed by atoms with Crippen molar-refractivity contribution < 1.29 is 4.74 Å². The number of methoxy groups -OCH3 is 1. The van der Waals surface area contributed by atoms with Gasteiger partial charge in [0.25, 0.3) is 0 Å². The Morgan fingerprint density at radius 1 is 1.06 bits per heavy atom. The first kappa shape index (κ1) is 11.0. The second kappa shape index (κ2) is 4.17. The van der Waals surface area contributed by atoms with Crippen molar-refractivity contribution in [2.24, 2.45) is 0 Å². The van der Waals surface area contributed by atoms with Gasteiger partial charge < -0.3 is 4.74 Å². The molecule has 0 heterocycles. The van der Waals surface area contributed by atoms with Crippen molar-refractivity contribution in [2.45, 2.75) is 26.7 Å². The van der Waals surface area contributed by atoms with Crippen LogP contribution in [-0.4, -0.2) is 7.11 Å². The zero-order valence-electron chi connectivity index (χ0n) is 10.4. The summed E-state index contributed by atoms with van der Waals surface area (Å²) in [6, 6.07) is 10.7. The van der Waals surface area contributed by atoms with Gasteiger partial charge in [0, 0.05) is 0 Å². The molecule has 2 rings (SSSR count). The highest BCUT2D eigenvalue weighted by Gasteiger charge is 2.11. The van der Waals surface area contributed by atoms with E-state index in [1.54, 1.807) is 7.11 Å². The van der Waals surface area contributed by atoms with E-state index in [2.05, 4.69) is 51.1 Å². The molecule has 2 aromatic carbocycles. The fraction of sp³-hybridized carbons (Fsp3) is 0.333. The quantitative estimate of drug-likeness (QED) is 0.725. The molecular formula is C15H18O. The minimum absolute atomic E-state index is 0.513. The van der Waals surface area contributed by atoms with Gasteiger partial charge in [-0.15, -0.1) is 0 Å². The first-order valence-corrected chi connectivity index (χ1v) is 5.71. The predicted molar refractivity (Wildman–Crippen MR) is 69.3 cm³/mol. The van der Waals surface area contributed by atoms with Crippen LogP contribution in [-0.2, 0) is 0 Å². The summed E-state index contributed by atoms with van der Waals surface area (Å²) in [5, 5.41) is 2.64. The summed E-state index contributed by atoms with van der Waals surface area (Å²) in [7, 11) is 1.74. The third kappa shape index (κ3) is 1.67. The Morgan fingerprint density at radius 2 is 1.69 bits per heavy atom. The van der Waals surface area contributed by atoms with E-state index in [4.69, 9.17) is 4.74 Å². The van der Waals surface area contributed by atoms with Crippen LogP contribution in [0.2, 0.25) is 0 Å². The van der Waals surface area contributed by atoms with E-state index < -0.39 is 0 Å². The topological polar surface area (TPSA) is 9.23 Å². The van der Waals surface area contributed by atoms with Crippen LogP contribution in [0.4, 0.5) is 0 Å². The Labute approximate surface area is 97.1 Å². The second-order valence-corrected chi connectivity index (χ2v) is 4.49. The molecule has 0 saturated carbocycles. The SMILES string of the molecule is COc1cc(C(C)C)c2ccccc2c1C. The van der Waals surface area contributed by atoms with Crippen molar-refractivity contribution in [1.82, 2.24) is 0 Å². The van der Waals surface area contributed by atoms with Gasteiger partial charge in [-0.1, -0.05) is 38.1 Å². The van der Waals surface area contributed by atoms with Crippen molar-refractivity contribution in [3.8, 4) is 5.75 Å². The number of rotatable bonds is 2. The van der Waals surface area contributed by atoms with E-state index in [9.17, 15) is 0 Å². The molecule has 0 spiro atoms. The summed E-state index contributed by atoms with van der Waals surface area (Å²) in [6.07, 6.45) is 0. The molecule has 0 atom stereocenters. The van der Waals surface area contributed by atoms with E-state index >= 15 is 0 Å². The largest absolute Gasteiger partial charge is 0.496 e. The molecule has 0 fully saturated rings. The summed E-state index contributed by atoms with van der Waals surface area (Å²) in [5.74, 6) is 1.50. The van der Waals surface area contributed by atoms with Gasteiger partial charge in [-0.05, 0) is 40.8 Å². The molecule has 0 N–H and O–H groups in total. The van der Waals surface area contributed by atoms with Gasteiger partial charge in [-0.2, -0.15) is 0 Å². The highest BCUT2D eigenvalue weighted by molar-refractivity contribution is 5.90.